The number of rotatable bonds is 6. The highest BCUT2D eigenvalue weighted by molar-refractivity contribution is 5.33. The van der Waals surface area contributed by atoms with Crippen molar-refractivity contribution in [1.29, 1.82) is 5.26 Å². The molecule has 6 heteroatoms. The lowest BCUT2D eigenvalue weighted by Gasteiger charge is -2.23. The van der Waals surface area contributed by atoms with Gasteiger partial charge in [-0.3, -0.25) is 0 Å². The summed E-state index contributed by atoms with van der Waals surface area (Å²) < 4.78 is 7.93. The topological polar surface area (TPSA) is 75.8 Å². The standard InChI is InChI=1S/C22H23N5O/c1-16-25-22-9-8-20(14-27(22)26-16)24-13-18-5-3-7-21(11-18)28-15-19-6-2-4-17(10-19)12-23/h2-7,10-11,20,24H,8-9,13-15H2,1H3. The Morgan fingerprint density at radius 1 is 1.21 bits per heavy atom. The SMILES string of the molecule is Cc1nc2n(n1)CC(NCc1cccc(OCc3cccc(C#N)c3)c1)CC2. The van der Waals surface area contributed by atoms with E-state index in [1.165, 1.54) is 5.56 Å². The van der Waals surface area contributed by atoms with Gasteiger partial charge in [0.15, 0.2) is 0 Å². The minimum absolute atomic E-state index is 0.395. The highest BCUT2D eigenvalue weighted by Crippen LogP contribution is 2.17. The van der Waals surface area contributed by atoms with Crippen LogP contribution in [0.2, 0.25) is 0 Å². The number of hydrogen-bond acceptors (Lipinski definition) is 5. The van der Waals surface area contributed by atoms with Crippen LogP contribution in [0, 0.1) is 18.3 Å². The molecule has 1 aromatic heterocycles. The second kappa shape index (κ2) is 8.24. The number of nitrogens with one attached hydrogen (secondary N) is 1. The molecular weight excluding hydrogens is 350 g/mol. The molecule has 0 aliphatic carbocycles. The minimum Gasteiger partial charge on any atom is -0.489 e. The molecule has 2 heterocycles. The lowest BCUT2D eigenvalue weighted by molar-refractivity contribution is 0.305. The molecule has 1 aliphatic rings. The molecule has 142 valence electrons. The molecule has 3 aromatic rings. The van der Waals surface area contributed by atoms with Gasteiger partial charge in [-0.2, -0.15) is 10.4 Å². The number of ether oxygens (including phenoxy) is 1. The van der Waals surface area contributed by atoms with Gasteiger partial charge in [-0.15, -0.1) is 0 Å². The second-order valence-electron chi connectivity index (χ2n) is 7.12. The Balaban J connectivity index is 1.32. The lowest BCUT2D eigenvalue weighted by atomic mass is 10.1. The second-order valence-corrected chi connectivity index (χ2v) is 7.12. The van der Waals surface area contributed by atoms with Crippen molar-refractivity contribution in [2.45, 2.75) is 45.5 Å². The van der Waals surface area contributed by atoms with Gasteiger partial charge in [0.25, 0.3) is 0 Å². The molecule has 1 N–H and O–H groups in total. The molecule has 4 rings (SSSR count). The van der Waals surface area contributed by atoms with E-state index in [4.69, 9.17) is 10.00 Å². The van der Waals surface area contributed by atoms with Crippen LogP contribution in [-0.4, -0.2) is 20.8 Å². The highest BCUT2D eigenvalue weighted by atomic mass is 16.5. The molecule has 6 nitrogen and oxygen atoms in total. The van der Waals surface area contributed by atoms with Crippen molar-refractivity contribution >= 4 is 0 Å². The van der Waals surface area contributed by atoms with Gasteiger partial charge in [-0.05, 0) is 48.7 Å². The predicted octanol–water partition coefficient (Wildman–Crippen LogP) is 3.14. The van der Waals surface area contributed by atoms with Crippen LogP contribution in [0.3, 0.4) is 0 Å². The van der Waals surface area contributed by atoms with Crippen molar-refractivity contribution in [3.05, 3.63) is 76.9 Å². The van der Waals surface area contributed by atoms with Crippen LogP contribution >= 0.6 is 0 Å². The molecule has 0 saturated carbocycles. The van der Waals surface area contributed by atoms with Gasteiger partial charge in [-0.25, -0.2) is 9.67 Å². The summed E-state index contributed by atoms with van der Waals surface area (Å²) in [5, 5.41) is 17.1. The quantitative estimate of drug-likeness (QED) is 0.718. The summed E-state index contributed by atoms with van der Waals surface area (Å²) >= 11 is 0. The Morgan fingerprint density at radius 2 is 2.07 bits per heavy atom. The van der Waals surface area contributed by atoms with Crippen molar-refractivity contribution in [3.8, 4) is 11.8 Å². The molecule has 0 saturated heterocycles. The predicted molar refractivity (Wildman–Crippen MR) is 106 cm³/mol. The zero-order valence-corrected chi connectivity index (χ0v) is 15.9. The van der Waals surface area contributed by atoms with E-state index in [2.05, 4.69) is 33.6 Å². The number of nitrogens with zero attached hydrogens (tertiary/aromatic N) is 4. The highest BCUT2D eigenvalue weighted by Gasteiger charge is 2.20. The maximum Gasteiger partial charge on any atom is 0.147 e. The maximum atomic E-state index is 9.00. The Kier molecular flexibility index (Phi) is 5.36. The molecule has 0 bridgehead atoms. The molecule has 1 aliphatic heterocycles. The maximum absolute atomic E-state index is 9.00. The third-order valence-corrected chi connectivity index (χ3v) is 4.92. The largest absolute Gasteiger partial charge is 0.489 e. The first-order chi connectivity index (χ1) is 13.7. The van der Waals surface area contributed by atoms with E-state index in [1.54, 1.807) is 6.07 Å². The van der Waals surface area contributed by atoms with E-state index in [-0.39, 0.29) is 0 Å². The summed E-state index contributed by atoms with van der Waals surface area (Å²) in [5.74, 6) is 2.77. The number of hydrogen-bond donors (Lipinski definition) is 1. The molecule has 1 atom stereocenters. The van der Waals surface area contributed by atoms with E-state index in [0.717, 1.165) is 48.9 Å². The van der Waals surface area contributed by atoms with Crippen LogP contribution < -0.4 is 10.1 Å². The fourth-order valence-corrected chi connectivity index (χ4v) is 3.51. The summed E-state index contributed by atoms with van der Waals surface area (Å²) in [5.41, 5.74) is 2.82. The summed E-state index contributed by atoms with van der Waals surface area (Å²) in [6.07, 6.45) is 2.03. The fraction of sp³-hybridized carbons (Fsp3) is 0.318. The van der Waals surface area contributed by atoms with Gasteiger partial charge < -0.3 is 10.1 Å². The zero-order chi connectivity index (χ0) is 19.3. The summed E-state index contributed by atoms with van der Waals surface area (Å²) in [6, 6.07) is 18.2. The summed E-state index contributed by atoms with van der Waals surface area (Å²) in [4.78, 5) is 4.46. The molecule has 0 spiro atoms. The van der Waals surface area contributed by atoms with Gasteiger partial charge in [-0.1, -0.05) is 24.3 Å². The van der Waals surface area contributed by atoms with Gasteiger partial charge in [0.1, 0.15) is 24.0 Å². The van der Waals surface area contributed by atoms with Crippen LogP contribution in [0.25, 0.3) is 0 Å². The average Bonchev–Trinajstić information content (AvgIpc) is 3.10. The number of nitriles is 1. The van der Waals surface area contributed by atoms with E-state index in [9.17, 15) is 0 Å². The monoisotopic (exact) mass is 373 g/mol. The lowest BCUT2D eigenvalue weighted by Crippen LogP contribution is -2.37. The molecule has 2 aromatic carbocycles. The number of benzene rings is 2. The van der Waals surface area contributed by atoms with Crippen molar-refractivity contribution in [3.63, 3.8) is 0 Å². The minimum atomic E-state index is 0.395. The normalized spacial score (nSPS) is 15.6. The van der Waals surface area contributed by atoms with Crippen molar-refractivity contribution in [2.24, 2.45) is 0 Å². The molecule has 28 heavy (non-hydrogen) atoms. The molecular formula is C22H23N5O. The smallest absolute Gasteiger partial charge is 0.147 e. The number of aromatic nitrogens is 3. The van der Waals surface area contributed by atoms with E-state index in [1.807, 2.05) is 41.9 Å². The molecule has 0 amide bonds. The van der Waals surface area contributed by atoms with Gasteiger partial charge in [0, 0.05) is 19.0 Å². The zero-order valence-electron chi connectivity index (χ0n) is 15.9. The van der Waals surface area contributed by atoms with Gasteiger partial charge in [0.05, 0.1) is 18.2 Å². The molecule has 0 fully saturated rings. The Morgan fingerprint density at radius 3 is 2.96 bits per heavy atom. The van der Waals surface area contributed by atoms with E-state index < -0.39 is 0 Å². The number of fused-ring (bicyclic) bond motifs is 1. The number of aryl methyl sites for hydroxylation is 2. The first-order valence-electron chi connectivity index (χ1n) is 9.54. The average molecular weight is 373 g/mol. The van der Waals surface area contributed by atoms with Crippen molar-refractivity contribution in [1.82, 2.24) is 20.1 Å². The first-order valence-corrected chi connectivity index (χ1v) is 9.54. The summed E-state index contributed by atoms with van der Waals surface area (Å²) in [6.45, 7) is 4.04. The molecule has 0 radical (unpaired) electrons. The van der Waals surface area contributed by atoms with E-state index in [0.29, 0.717) is 18.2 Å². The van der Waals surface area contributed by atoms with Crippen LogP contribution in [0.15, 0.2) is 48.5 Å². The van der Waals surface area contributed by atoms with Crippen LogP contribution in [-0.2, 0) is 26.1 Å². The van der Waals surface area contributed by atoms with E-state index >= 15 is 0 Å². The van der Waals surface area contributed by atoms with Crippen LogP contribution in [0.1, 0.15) is 34.8 Å². The summed E-state index contributed by atoms with van der Waals surface area (Å²) in [7, 11) is 0. The fourth-order valence-electron chi connectivity index (χ4n) is 3.51. The van der Waals surface area contributed by atoms with Crippen LogP contribution in [0.4, 0.5) is 0 Å². The molecule has 1 unspecified atom stereocenters. The third-order valence-electron chi connectivity index (χ3n) is 4.92. The Bertz CT molecular complexity index is 1000. The Labute approximate surface area is 164 Å². The van der Waals surface area contributed by atoms with Crippen molar-refractivity contribution < 1.29 is 4.74 Å². The van der Waals surface area contributed by atoms with Crippen molar-refractivity contribution in [2.75, 3.05) is 0 Å². The van der Waals surface area contributed by atoms with Crippen LogP contribution in [0.5, 0.6) is 5.75 Å². The van der Waals surface area contributed by atoms with Gasteiger partial charge in [0.2, 0.25) is 0 Å². The third kappa shape index (κ3) is 4.38. The first kappa shape index (κ1) is 18.2. The Hall–Kier alpha value is -3.17. The van der Waals surface area contributed by atoms with Gasteiger partial charge >= 0.3 is 0 Å².